The standard InChI is InChI=1S/C16H8Cl2O3/c17-11-6-5-8(7-12(11)18)13-14(19)9-3-1-2-4-10(9)15(20)16(13)21/h1-7,19H. The van der Waals surface area contributed by atoms with E-state index in [4.69, 9.17) is 23.2 Å². The van der Waals surface area contributed by atoms with Crippen LogP contribution >= 0.6 is 23.2 Å². The lowest BCUT2D eigenvalue weighted by Crippen LogP contribution is -2.23. The van der Waals surface area contributed by atoms with E-state index in [0.717, 1.165) is 0 Å². The van der Waals surface area contributed by atoms with Gasteiger partial charge >= 0.3 is 0 Å². The monoisotopic (exact) mass is 318 g/mol. The van der Waals surface area contributed by atoms with Crippen molar-refractivity contribution in [2.75, 3.05) is 0 Å². The van der Waals surface area contributed by atoms with Crippen molar-refractivity contribution in [3.63, 3.8) is 0 Å². The van der Waals surface area contributed by atoms with Crippen LogP contribution in [-0.2, 0) is 4.79 Å². The van der Waals surface area contributed by atoms with Crippen LogP contribution in [0.3, 0.4) is 0 Å². The lowest BCUT2D eigenvalue weighted by Gasteiger charge is -2.18. The average Bonchev–Trinajstić information content (AvgIpc) is 2.49. The van der Waals surface area contributed by atoms with Gasteiger partial charge in [0.2, 0.25) is 11.6 Å². The van der Waals surface area contributed by atoms with Gasteiger partial charge in [0.15, 0.2) is 0 Å². The summed E-state index contributed by atoms with van der Waals surface area (Å²) in [5.74, 6) is -1.64. The van der Waals surface area contributed by atoms with Crippen molar-refractivity contribution in [2.24, 2.45) is 0 Å². The second-order valence-corrected chi connectivity index (χ2v) is 5.37. The molecule has 0 atom stereocenters. The van der Waals surface area contributed by atoms with E-state index in [1.165, 1.54) is 18.2 Å². The minimum absolute atomic E-state index is 0.0581. The molecule has 0 heterocycles. The van der Waals surface area contributed by atoms with Crippen molar-refractivity contribution in [1.29, 1.82) is 0 Å². The molecule has 104 valence electrons. The molecule has 3 rings (SSSR count). The molecule has 0 aromatic heterocycles. The van der Waals surface area contributed by atoms with E-state index in [1.807, 2.05) is 0 Å². The summed E-state index contributed by atoms with van der Waals surface area (Å²) in [5.41, 5.74) is 0.832. The van der Waals surface area contributed by atoms with Crippen LogP contribution in [0, 0.1) is 0 Å². The Morgan fingerprint density at radius 3 is 2.14 bits per heavy atom. The van der Waals surface area contributed by atoms with Crippen molar-refractivity contribution >= 4 is 46.1 Å². The normalized spacial score (nSPS) is 14.4. The zero-order valence-electron chi connectivity index (χ0n) is 10.6. The molecular weight excluding hydrogens is 311 g/mol. The van der Waals surface area contributed by atoms with Gasteiger partial charge in [-0.25, -0.2) is 0 Å². The number of Topliss-reactive ketones (excluding diaryl/α,β-unsaturated/α-hetero) is 2. The number of rotatable bonds is 1. The first-order valence-corrected chi connectivity index (χ1v) is 6.83. The van der Waals surface area contributed by atoms with Gasteiger partial charge in [0, 0.05) is 11.1 Å². The Kier molecular flexibility index (Phi) is 3.32. The van der Waals surface area contributed by atoms with E-state index in [1.54, 1.807) is 24.3 Å². The lowest BCUT2D eigenvalue weighted by molar-refractivity contribution is -0.110. The van der Waals surface area contributed by atoms with E-state index < -0.39 is 11.6 Å². The number of hydrogen-bond donors (Lipinski definition) is 1. The Labute approximate surface area is 130 Å². The molecule has 0 bridgehead atoms. The highest BCUT2D eigenvalue weighted by Crippen LogP contribution is 2.35. The van der Waals surface area contributed by atoms with Gasteiger partial charge in [-0.05, 0) is 17.7 Å². The Hall–Kier alpha value is -2.10. The fourth-order valence-electron chi connectivity index (χ4n) is 2.29. The fourth-order valence-corrected chi connectivity index (χ4v) is 2.58. The summed E-state index contributed by atoms with van der Waals surface area (Å²) in [6, 6.07) is 10.9. The molecule has 0 saturated carbocycles. The largest absolute Gasteiger partial charge is 0.506 e. The van der Waals surface area contributed by atoms with Gasteiger partial charge in [0.05, 0.1) is 15.6 Å². The third-order valence-corrected chi connectivity index (χ3v) is 4.04. The van der Waals surface area contributed by atoms with Gasteiger partial charge in [-0.15, -0.1) is 0 Å². The summed E-state index contributed by atoms with van der Waals surface area (Å²) >= 11 is 11.8. The number of aliphatic hydroxyl groups is 1. The first kappa shape index (κ1) is 13.9. The predicted octanol–water partition coefficient (Wildman–Crippen LogP) is 4.19. The maximum absolute atomic E-state index is 12.3. The van der Waals surface area contributed by atoms with Crippen LogP contribution in [-0.4, -0.2) is 16.7 Å². The SMILES string of the molecule is O=C1C(=O)c2ccccc2C(O)=C1c1ccc(Cl)c(Cl)c1. The Morgan fingerprint density at radius 1 is 0.810 bits per heavy atom. The quantitative estimate of drug-likeness (QED) is 0.802. The molecule has 0 unspecified atom stereocenters. The summed E-state index contributed by atoms with van der Waals surface area (Å²) < 4.78 is 0. The zero-order chi connectivity index (χ0) is 15.1. The Morgan fingerprint density at radius 2 is 1.48 bits per heavy atom. The maximum atomic E-state index is 12.3. The van der Waals surface area contributed by atoms with E-state index in [-0.39, 0.29) is 21.9 Å². The summed E-state index contributed by atoms with van der Waals surface area (Å²) in [5, 5.41) is 10.9. The third kappa shape index (κ3) is 2.15. The molecule has 5 heteroatoms. The lowest BCUT2D eigenvalue weighted by atomic mass is 9.85. The molecule has 2 aromatic rings. The van der Waals surface area contributed by atoms with E-state index in [9.17, 15) is 14.7 Å². The van der Waals surface area contributed by atoms with Crippen LogP contribution in [0.5, 0.6) is 0 Å². The van der Waals surface area contributed by atoms with Gasteiger partial charge in [-0.2, -0.15) is 0 Å². The molecule has 3 nitrogen and oxygen atoms in total. The van der Waals surface area contributed by atoms with Crippen molar-refractivity contribution in [1.82, 2.24) is 0 Å². The molecule has 0 radical (unpaired) electrons. The van der Waals surface area contributed by atoms with E-state index in [0.29, 0.717) is 16.1 Å². The molecular formula is C16H8Cl2O3. The molecule has 0 amide bonds. The van der Waals surface area contributed by atoms with Gasteiger partial charge in [0.1, 0.15) is 5.76 Å². The zero-order valence-corrected chi connectivity index (χ0v) is 12.1. The number of benzene rings is 2. The second kappa shape index (κ2) is 5.02. The molecule has 0 saturated heterocycles. The fraction of sp³-hybridized carbons (Fsp3) is 0. The van der Waals surface area contributed by atoms with E-state index in [2.05, 4.69) is 0 Å². The van der Waals surface area contributed by atoms with Gasteiger partial charge < -0.3 is 5.11 Å². The van der Waals surface area contributed by atoms with Crippen molar-refractivity contribution in [3.8, 4) is 0 Å². The highest BCUT2D eigenvalue weighted by molar-refractivity contribution is 6.62. The highest BCUT2D eigenvalue weighted by atomic mass is 35.5. The third-order valence-electron chi connectivity index (χ3n) is 3.31. The van der Waals surface area contributed by atoms with E-state index >= 15 is 0 Å². The van der Waals surface area contributed by atoms with Crippen LogP contribution in [0.25, 0.3) is 11.3 Å². The van der Waals surface area contributed by atoms with Crippen molar-refractivity contribution in [2.45, 2.75) is 0 Å². The van der Waals surface area contributed by atoms with Crippen molar-refractivity contribution in [3.05, 3.63) is 69.2 Å². The first-order valence-electron chi connectivity index (χ1n) is 6.08. The summed E-state index contributed by atoms with van der Waals surface area (Å²) in [6.07, 6.45) is 0. The number of halogens is 2. The van der Waals surface area contributed by atoms with Gasteiger partial charge in [0.25, 0.3) is 0 Å². The Bertz CT molecular complexity index is 822. The molecule has 0 fully saturated rings. The second-order valence-electron chi connectivity index (χ2n) is 4.56. The first-order chi connectivity index (χ1) is 10.0. The molecule has 21 heavy (non-hydrogen) atoms. The molecule has 1 aliphatic rings. The number of carbonyl (C=O) groups is 2. The molecule has 0 aliphatic heterocycles. The van der Waals surface area contributed by atoms with Crippen LogP contribution in [0.2, 0.25) is 10.0 Å². The van der Waals surface area contributed by atoms with Crippen LogP contribution in [0.15, 0.2) is 42.5 Å². The number of ketones is 2. The average molecular weight is 319 g/mol. The van der Waals surface area contributed by atoms with Crippen LogP contribution in [0.1, 0.15) is 21.5 Å². The topological polar surface area (TPSA) is 54.4 Å². The van der Waals surface area contributed by atoms with Gasteiger partial charge in [-0.1, -0.05) is 53.5 Å². The number of aliphatic hydroxyl groups excluding tert-OH is 1. The minimum Gasteiger partial charge on any atom is -0.506 e. The molecule has 0 spiro atoms. The number of carbonyl (C=O) groups excluding carboxylic acids is 2. The number of allylic oxidation sites excluding steroid dienone is 1. The number of hydrogen-bond acceptors (Lipinski definition) is 3. The van der Waals surface area contributed by atoms with Crippen LogP contribution in [0.4, 0.5) is 0 Å². The summed E-state index contributed by atoms with van der Waals surface area (Å²) in [6.45, 7) is 0. The minimum atomic E-state index is -0.760. The number of fused-ring (bicyclic) bond motifs is 1. The summed E-state index contributed by atoms with van der Waals surface area (Å²) in [7, 11) is 0. The molecule has 1 N–H and O–H groups in total. The van der Waals surface area contributed by atoms with Gasteiger partial charge in [-0.3, -0.25) is 9.59 Å². The summed E-state index contributed by atoms with van der Waals surface area (Å²) in [4.78, 5) is 24.4. The highest BCUT2D eigenvalue weighted by Gasteiger charge is 2.33. The molecule has 2 aromatic carbocycles. The van der Waals surface area contributed by atoms with Crippen molar-refractivity contribution < 1.29 is 14.7 Å². The molecule has 1 aliphatic carbocycles. The smallest absolute Gasteiger partial charge is 0.237 e. The predicted molar refractivity (Wildman–Crippen MR) is 81.7 cm³/mol. The van der Waals surface area contributed by atoms with Crippen LogP contribution < -0.4 is 0 Å². The Balaban J connectivity index is 2.28. The maximum Gasteiger partial charge on any atom is 0.237 e.